The minimum atomic E-state index is -0.412. The number of nitrogens with one attached hydrogen (secondary N) is 1. The summed E-state index contributed by atoms with van der Waals surface area (Å²) < 4.78 is 1.61. The molecule has 1 aromatic heterocycles. The van der Waals surface area contributed by atoms with Crippen LogP contribution < -0.4 is 5.32 Å². The van der Waals surface area contributed by atoms with Gasteiger partial charge in [-0.15, -0.1) is 11.3 Å². The number of aromatic nitrogens is 1. The highest BCUT2D eigenvalue weighted by atomic mass is 32.2. The first-order valence-electron chi connectivity index (χ1n) is 9.58. The summed E-state index contributed by atoms with van der Waals surface area (Å²) >= 11 is 2.97. The van der Waals surface area contributed by atoms with E-state index in [1.807, 2.05) is 12.1 Å². The number of benzene rings is 3. The molecule has 0 atom stereocenters. The van der Waals surface area contributed by atoms with Crippen molar-refractivity contribution >= 4 is 56.4 Å². The van der Waals surface area contributed by atoms with Crippen molar-refractivity contribution in [2.45, 2.75) is 17.0 Å². The van der Waals surface area contributed by atoms with E-state index in [0.717, 1.165) is 20.1 Å². The average molecular weight is 464 g/mol. The largest absolute Gasteiger partial charge is 0.322 e. The SMILES string of the molecule is CC(=O)c1ccc(NC(=O)c2ccc(CSc3nc4ccc([N+](=O)[O-])cc4s3)cc2)cc1. The molecule has 0 aliphatic heterocycles. The number of hydrogen-bond acceptors (Lipinski definition) is 7. The number of nitrogens with zero attached hydrogens (tertiary/aromatic N) is 2. The van der Waals surface area contributed by atoms with E-state index in [1.165, 1.54) is 30.4 Å². The van der Waals surface area contributed by atoms with Crippen molar-refractivity contribution in [3.8, 4) is 0 Å². The maximum atomic E-state index is 12.5. The normalized spacial score (nSPS) is 10.8. The van der Waals surface area contributed by atoms with Gasteiger partial charge in [0.2, 0.25) is 0 Å². The van der Waals surface area contributed by atoms with Crippen LogP contribution in [0.25, 0.3) is 10.2 Å². The van der Waals surface area contributed by atoms with Gasteiger partial charge in [-0.05, 0) is 55.0 Å². The van der Waals surface area contributed by atoms with Crippen molar-refractivity contribution in [2.24, 2.45) is 0 Å². The number of carbonyl (C=O) groups is 2. The van der Waals surface area contributed by atoms with Crippen molar-refractivity contribution < 1.29 is 14.5 Å². The van der Waals surface area contributed by atoms with Gasteiger partial charge < -0.3 is 5.32 Å². The van der Waals surface area contributed by atoms with E-state index in [0.29, 0.717) is 22.6 Å². The van der Waals surface area contributed by atoms with E-state index in [1.54, 1.807) is 54.2 Å². The summed E-state index contributed by atoms with van der Waals surface area (Å²) in [6, 6.07) is 18.7. The Morgan fingerprint density at radius 2 is 1.72 bits per heavy atom. The highest BCUT2D eigenvalue weighted by molar-refractivity contribution is 8.00. The fourth-order valence-electron chi connectivity index (χ4n) is 2.96. The number of non-ortho nitro benzene ring substituents is 1. The smallest absolute Gasteiger partial charge is 0.270 e. The number of amides is 1. The van der Waals surface area contributed by atoms with Gasteiger partial charge in [0.1, 0.15) is 0 Å². The van der Waals surface area contributed by atoms with Crippen LogP contribution in [0.15, 0.2) is 71.1 Å². The van der Waals surface area contributed by atoms with Crippen molar-refractivity contribution in [3.63, 3.8) is 0 Å². The maximum absolute atomic E-state index is 12.5. The lowest BCUT2D eigenvalue weighted by atomic mass is 10.1. The number of thioether (sulfide) groups is 1. The molecule has 0 aliphatic rings. The first kappa shape index (κ1) is 21.7. The van der Waals surface area contributed by atoms with E-state index in [9.17, 15) is 19.7 Å². The topological polar surface area (TPSA) is 102 Å². The van der Waals surface area contributed by atoms with E-state index >= 15 is 0 Å². The zero-order valence-electron chi connectivity index (χ0n) is 16.9. The second-order valence-corrected chi connectivity index (χ2v) is 9.22. The second kappa shape index (κ2) is 9.29. The molecule has 4 rings (SSSR count). The Balaban J connectivity index is 1.37. The molecule has 0 saturated carbocycles. The number of carbonyl (C=O) groups excluding carboxylic acids is 2. The van der Waals surface area contributed by atoms with Gasteiger partial charge in [0.15, 0.2) is 10.1 Å². The number of thiazole rings is 1. The number of nitro benzene ring substituents is 1. The molecule has 0 aliphatic carbocycles. The van der Waals surface area contributed by atoms with Crippen LogP contribution in [0.1, 0.15) is 33.2 Å². The Bertz CT molecular complexity index is 1320. The monoisotopic (exact) mass is 463 g/mol. The van der Waals surface area contributed by atoms with Crippen LogP contribution in [0.5, 0.6) is 0 Å². The number of hydrogen-bond donors (Lipinski definition) is 1. The minimum absolute atomic E-state index is 0.0245. The molecule has 9 heteroatoms. The lowest BCUT2D eigenvalue weighted by molar-refractivity contribution is -0.384. The summed E-state index contributed by atoms with van der Waals surface area (Å²) in [4.78, 5) is 38.8. The van der Waals surface area contributed by atoms with Crippen LogP contribution >= 0.6 is 23.1 Å². The molecule has 4 aromatic rings. The molecule has 160 valence electrons. The van der Waals surface area contributed by atoms with Gasteiger partial charge in [-0.25, -0.2) is 4.98 Å². The van der Waals surface area contributed by atoms with Crippen molar-refractivity contribution in [2.75, 3.05) is 5.32 Å². The van der Waals surface area contributed by atoms with E-state index in [2.05, 4.69) is 10.3 Å². The molecule has 0 saturated heterocycles. The van der Waals surface area contributed by atoms with E-state index in [4.69, 9.17) is 0 Å². The van der Waals surface area contributed by atoms with Crippen molar-refractivity contribution in [3.05, 3.63) is 93.5 Å². The van der Waals surface area contributed by atoms with Crippen LogP contribution in [0.2, 0.25) is 0 Å². The zero-order valence-corrected chi connectivity index (χ0v) is 18.5. The van der Waals surface area contributed by atoms with Gasteiger partial charge in [-0.2, -0.15) is 0 Å². The Morgan fingerprint density at radius 3 is 2.38 bits per heavy atom. The lowest BCUT2D eigenvalue weighted by Gasteiger charge is -2.07. The summed E-state index contributed by atoms with van der Waals surface area (Å²) in [7, 11) is 0. The molecule has 1 amide bonds. The van der Waals surface area contributed by atoms with Crippen molar-refractivity contribution in [1.29, 1.82) is 0 Å². The minimum Gasteiger partial charge on any atom is -0.322 e. The van der Waals surface area contributed by atoms with Crippen LogP contribution in [0.3, 0.4) is 0 Å². The standard InChI is InChI=1S/C23H17N3O4S2/c1-14(27)16-6-8-18(9-7-16)24-22(28)17-4-2-15(3-5-17)13-31-23-25-20-11-10-19(26(29)30)12-21(20)32-23/h2-12H,13H2,1H3,(H,24,28). The lowest BCUT2D eigenvalue weighted by Crippen LogP contribution is -2.11. The molecule has 0 spiro atoms. The Labute approximate surface area is 191 Å². The number of nitro groups is 1. The van der Waals surface area contributed by atoms with E-state index < -0.39 is 4.92 Å². The third kappa shape index (κ3) is 5.01. The molecule has 1 heterocycles. The molecule has 0 bridgehead atoms. The number of ketones is 1. The third-order valence-corrected chi connectivity index (χ3v) is 6.92. The van der Waals surface area contributed by atoms with E-state index in [-0.39, 0.29) is 17.4 Å². The molecule has 0 unspecified atom stereocenters. The van der Waals surface area contributed by atoms with Crippen LogP contribution in [0.4, 0.5) is 11.4 Å². The average Bonchev–Trinajstić information content (AvgIpc) is 3.20. The maximum Gasteiger partial charge on any atom is 0.270 e. The zero-order chi connectivity index (χ0) is 22.7. The summed E-state index contributed by atoms with van der Waals surface area (Å²) in [6.45, 7) is 1.50. The van der Waals surface area contributed by atoms with Crippen LogP contribution in [-0.4, -0.2) is 21.6 Å². The van der Waals surface area contributed by atoms with Crippen LogP contribution in [-0.2, 0) is 5.75 Å². The predicted octanol–water partition coefficient (Wildman–Crippen LogP) is 5.95. The summed E-state index contributed by atoms with van der Waals surface area (Å²) in [5.41, 5.74) is 3.57. The number of fused-ring (bicyclic) bond motifs is 1. The molecule has 0 radical (unpaired) electrons. The Hall–Kier alpha value is -3.56. The predicted molar refractivity (Wildman–Crippen MR) is 127 cm³/mol. The second-order valence-electron chi connectivity index (χ2n) is 6.96. The quantitative estimate of drug-likeness (QED) is 0.157. The van der Waals surface area contributed by atoms with Gasteiger partial charge >= 0.3 is 0 Å². The van der Waals surface area contributed by atoms with Crippen LogP contribution in [0, 0.1) is 10.1 Å². The fraction of sp³-hybridized carbons (Fsp3) is 0.0870. The summed E-state index contributed by atoms with van der Waals surface area (Å²) in [5, 5.41) is 13.7. The third-order valence-electron chi connectivity index (χ3n) is 4.69. The van der Waals surface area contributed by atoms with Gasteiger partial charge in [0.05, 0.1) is 15.1 Å². The summed E-state index contributed by atoms with van der Waals surface area (Å²) in [5.74, 6) is 0.409. The summed E-state index contributed by atoms with van der Waals surface area (Å²) in [6.07, 6.45) is 0. The number of anilines is 1. The highest BCUT2D eigenvalue weighted by Gasteiger charge is 2.11. The Morgan fingerprint density at radius 1 is 1.03 bits per heavy atom. The first-order valence-corrected chi connectivity index (χ1v) is 11.4. The molecular formula is C23H17N3O4S2. The molecular weight excluding hydrogens is 446 g/mol. The molecule has 7 nitrogen and oxygen atoms in total. The number of Topliss-reactive ketones (excluding diaryl/α,β-unsaturated/α-hetero) is 1. The Kier molecular flexibility index (Phi) is 6.29. The molecule has 3 aromatic carbocycles. The van der Waals surface area contributed by atoms with Gasteiger partial charge in [-0.1, -0.05) is 23.9 Å². The van der Waals surface area contributed by atoms with Gasteiger partial charge in [-0.3, -0.25) is 19.7 Å². The molecule has 1 N–H and O–H groups in total. The fourth-order valence-corrected chi connectivity index (χ4v) is 5.01. The first-order chi connectivity index (χ1) is 15.4. The molecule has 32 heavy (non-hydrogen) atoms. The number of rotatable bonds is 7. The van der Waals surface area contributed by atoms with Gasteiger partial charge in [0.25, 0.3) is 11.6 Å². The highest BCUT2D eigenvalue weighted by Crippen LogP contribution is 2.33. The van der Waals surface area contributed by atoms with Crippen molar-refractivity contribution in [1.82, 2.24) is 4.98 Å². The van der Waals surface area contributed by atoms with Gasteiger partial charge in [0, 0.05) is 34.7 Å². The molecule has 0 fully saturated rings.